The maximum Gasteiger partial charge on any atom is 0.280 e. The van der Waals surface area contributed by atoms with Crippen LogP contribution in [-0.4, -0.2) is 23.5 Å². The zero-order valence-electron chi connectivity index (χ0n) is 8.59. The minimum absolute atomic E-state index is 0.318. The van der Waals surface area contributed by atoms with Crippen molar-refractivity contribution in [2.75, 3.05) is 0 Å². The van der Waals surface area contributed by atoms with Crippen LogP contribution >= 0.6 is 11.6 Å². The Morgan fingerprint density at radius 2 is 2.18 bits per heavy atom. The average Bonchev–Trinajstić information content (AvgIpc) is 2.60. The first-order chi connectivity index (χ1) is 7.91. The van der Waals surface area contributed by atoms with Crippen LogP contribution in [0.1, 0.15) is 12.8 Å². The minimum atomic E-state index is -4.54. The summed E-state index contributed by atoms with van der Waals surface area (Å²) in [4.78, 5) is 11.2. The van der Waals surface area contributed by atoms with Crippen molar-refractivity contribution >= 4 is 27.0 Å². The van der Waals surface area contributed by atoms with Gasteiger partial charge in [0.15, 0.2) is 5.25 Å². The summed E-state index contributed by atoms with van der Waals surface area (Å²) >= 11 is 5.25. The SMILES string of the molecule is O=C(Cl)C(C1=C2C=COC=C2CC1)S(=O)(=O)O. The molecule has 1 aliphatic carbocycles. The van der Waals surface area contributed by atoms with Crippen LogP contribution in [0.15, 0.2) is 35.3 Å². The Balaban J connectivity index is 2.52. The van der Waals surface area contributed by atoms with Crippen molar-refractivity contribution in [2.45, 2.75) is 18.1 Å². The summed E-state index contributed by atoms with van der Waals surface area (Å²) in [5.74, 6) is 0. The third-order valence-corrected chi connectivity index (χ3v) is 4.14. The molecule has 0 fully saturated rings. The summed E-state index contributed by atoms with van der Waals surface area (Å²) in [6.45, 7) is 0. The normalized spacial score (nSPS) is 20.7. The zero-order valence-corrected chi connectivity index (χ0v) is 10.2. The predicted octanol–water partition coefficient (Wildman–Crippen LogP) is 1.53. The lowest BCUT2D eigenvalue weighted by atomic mass is 10.1. The average molecular weight is 277 g/mol. The second kappa shape index (κ2) is 4.29. The van der Waals surface area contributed by atoms with Gasteiger partial charge in [-0.05, 0) is 47.2 Å². The summed E-state index contributed by atoms with van der Waals surface area (Å²) in [6.07, 6.45) is 5.35. The van der Waals surface area contributed by atoms with Crippen LogP contribution in [0.2, 0.25) is 0 Å². The standard InChI is InChI=1S/C10H9ClO5S/c11-10(12)9(17(13,14)15)8-2-1-6-5-16-4-3-7(6)8/h3-5,9H,1-2H2,(H,13,14,15). The van der Waals surface area contributed by atoms with Gasteiger partial charge in [0.25, 0.3) is 10.1 Å². The van der Waals surface area contributed by atoms with Gasteiger partial charge in [0.2, 0.25) is 5.24 Å². The third-order valence-electron chi connectivity index (χ3n) is 2.70. The molecule has 0 aromatic carbocycles. The van der Waals surface area contributed by atoms with Gasteiger partial charge in [-0.15, -0.1) is 0 Å². The van der Waals surface area contributed by atoms with Gasteiger partial charge in [-0.1, -0.05) is 0 Å². The van der Waals surface area contributed by atoms with E-state index in [1.807, 2.05) is 0 Å². The van der Waals surface area contributed by atoms with Gasteiger partial charge in [0.1, 0.15) is 0 Å². The van der Waals surface area contributed by atoms with Crippen molar-refractivity contribution in [3.8, 4) is 0 Å². The second-order valence-corrected chi connectivity index (χ2v) is 5.59. The fourth-order valence-electron chi connectivity index (χ4n) is 2.02. The third kappa shape index (κ3) is 2.29. The Labute approximate surface area is 103 Å². The van der Waals surface area contributed by atoms with Crippen LogP contribution in [0.5, 0.6) is 0 Å². The molecular formula is C10H9ClO5S. The van der Waals surface area contributed by atoms with Gasteiger partial charge in [-0.25, -0.2) is 0 Å². The molecule has 92 valence electrons. The van der Waals surface area contributed by atoms with E-state index in [0.717, 1.165) is 5.57 Å². The molecule has 5 nitrogen and oxygen atoms in total. The Hall–Kier alpha value is -1.11. The van der Waals surface area contributed by atoms with E-state index in [1.54, 1.807) is 6.08 Å². The monoisotopic (exact) mass is 276 g/mol. The number of carbonyl (C=O) groups excluding carboxylic acids is 1. The van der Waals surface area contributed by atoms with E-state index < -0.39 is 20.6 Å². The lowest BCUT2D eigenvalue weighted by molar-refractivity contribution is -0.110. The van der Waals surface area contributed by atoms with Crippen LogP contribution in [0.25, 0.3) is 0 Å². The maximum absolute atomic E-state index is 11.2. The number of hydrogen-bond acceptors (Lipinski definition) is 4. The smallest absolute Gasteiger partial charge is 0.280 e. The van der Waals surface area contributed by atoms with Crippen LogP contribution in [0.3, 0.4) is 0 Å². The highest BCUT2D eigenvalue weighted by Gasteiger charge is 2.38. The number of ether oxygens (including phenoxy) is 1. The van der Waals surface area contributed by atoms with Crippen LogP contribution in [0.4, 0.5) is 0 Å². The first kappa shape index (κ1) is 12.3. The van der Waals surface area contributed by atoms with Gasteiger partial charge in [0, 0.05) is 0 Å². The van der Waals surface area contributed by atoms with Crippen molar-refractivity contribution in [3.05, 3.63) is 35.3 Å². The van der Waals surface area contributed by atoms with Crippen LogP contribution < -0.4 is 0 Å². The van der Waals surface area contributed by atoms with Crippen molar-refractivity contribution in [1.29, 1.82) is 0 Å². The van der Waals surface area contributed by atoms with Gasteiger partial charge in [0.05, 0.1) is 12.5 Å². The molecule has 0 saturated heterocycles. The maximum atomic E-state index is 11.2. The first-order valence-corrected chi connectivity index (χ1v) is 6.69. The van der Waals surface area contributed by atoms with Crippen molar-refractivity contribution < 1.29 is 22.5 Å². The van der Waals surface area contributed by atoms with E-state index >= 15 is 0 Å². The minimum Gasteiger partial charge on any atom is -0.472 e. The molecule has 1 aliphatic heterocycles. The van der Waals surface area contributed by atoms with Gasteiger partial charge in [-0.3, -0.25) is 9.35 Å². The van der Waals surface area contributed by atoms with E-state index in [-0.39, 0.29) is 0 Å². The molecule has 2 rings (SSSR count). The summed E-state index contributed by atoms with van der Waals surface area (Å²) in [5.41, 5.74) is 1.72. The first-order valence-electron chi connectivity index (χ1n) is 4.81. The fourth-order valence-corrected chi connectivity index (χ4v) is 3.32. The van der Waals surface area contributed by atoms with Gasteiger partial charge in [-0.2, -0.15) is 8.42 Å². The second-order valence-electron chi connectivity index (χ2n) is 3.72. The highest BCUT2D eigenvalue weighted by Crippen LogP contribution is 2.38. The molecule has 1 unspecified atom stereocenters. The quantitative estimate of drug-likeness (QED) is 0.624. The Morgan fingerprint density at radius 1 is 1.47 bits per heavy atom. The Bertz CT molecular complexity index is 555. The largest absolute Gasteiger partial charge is 0.472 e. The van der Waals surface area contributed by atoms with E-state index in [0.29, 0.717) is 24.0 Å². The highest BCUT2D eigenvalue weighted by molar-refractivity contribution is 7.87. The molecule has 0 radical (unpaired) electrons. The topological polar surface area (TPSA) is 80.7 Å². The van der Waals surface area contributed by atoms with Gasteiger partial charge >= 0.3 is 0 Å². The fraction of sp³-hybridized carbons (Fsp3) is 0.300. The molecule has 0 amide bonds. The molecule has 0 bridgehead atoms. The number of rotatable bonds is 3. The highest BCUT2D eigenvalue weighted by atomic mass is 35.5. The van der Waals surface area contributed by atoms with E-state index in [2.05, 4.69) is 0 Å². The predicted molar refractivity (Wildman–Crippen MR) is 60.8 cm³/mol. The number of hydrogen-bond donors (Lipinski definition) is 1. The lowest BCUT2D eigenvalue weighted by Gasteiger charge is -2.13. The molecule has 0 aromatic heterocycles. The molecule has 1 atom stereocenters. The molecule has 0 aromatic rings. The van der Waals surface area contributed by atoms with E-state index in [1.165, 1.54) is 12.5 Å². The zero-order chi connectivity index (χ0) is 12.6. The van der Waals surface area contributed by atoms with Crippen molar-refractivity contribution in [2.24, 2.45) is 0 Å². The van der Waals surface area contributed by atoms with Crippen LogP contribution in [0, 0.1) is 0 Å². The molecule has 0 spiro atoms. The number of fused-ring (bicyclic) bond motifs is 1. The van der Waals surface area contributed by atoms with Crippen molar-refractivity contribution in [3.63, 3.8) is 0 Å². The van der Waals surface area contributed by atoms with Gasteiger partial charge < -0.3 is 4.74 Å². The lowest BCUT2D eigenvalue weighted by Crippen LogP contribution is -2.28. The van der Waals surface area contributed by atoms with E-state index in [9.17, 15) is 13.2 Å². The number of carbonyl (C=O) groups is 1. The summed E-state index contributed by atoms with van der Waals surface area (Å²) < 4.78 is 36.4. The van der Waals surface area contributed by atoms with E-state index in [4.69, 9.17) is 20.9 Å². The number of halogens is 1. The van der Waals surface area contributed by atoms with Crippen LogP contribution in [-0.2, 0) is 19.6 Å². The molecular weight excluding hydrogens is 268 g/mol. The Morgan fingerprint density at radius 3 is 2.76 bits per heavy atom. The summed E-state index contributed by atoms with van der Waals surface area (Å²) in [5, 5.41) is -2.79. The molecule has 1 heterocycles. The summed E-state index contributed by atoms with van der Waals surface area (Å²) in [6, 6.07) is 0. The molecule has 2 aliphatic rings. The molecule has 17 heavy (non-hydrogen) atoms. The molecule has 1 N–H and O–H groups in total. The molecule has 0 saturated carbocycles. The molecule has 7 heteroatoms. The summed E-state index contributed by atoms with van der Waals surface area (Å²) in [7, 11) is -4.54. The Kier molecular flexibility index (Phi) is 3.11. The van der Waals surface area contributed by atoms with Crippen molar-refractivity contribution in [1.82, 2.24) is 0 Å². The number of allylic oxidation sites excluding steroid dienone is 3.